The molecule has 4 heterocycles. The monoisotopic (exact) mass is 350 g/mol. The van der Waals surface area contributed by atoms with E-state index in [1.807, 2.05) is 24.4 Å². The lowest BCUT2D eigenvalue weighted by Gasteiger charge is -2.27. The van der Waals surface area contributed by atoms with E-state index in [4.69, 9.17) is 9.72 Å². The van der Waals surface area contributed by atoms with Gasteiger partial charge in [-0.2, -0.15) is 9.97 Å². The first-order valence-corrected chi connectivity index (χ1v) is 8.97. The lowest BCUT2D eigenvalue weighted by Crippen LogP contribution is -2.37. The van der Waals surface area contributed by atoms with E-state index in [2.05, 4.69) is 38.2 Å². The Kier molecular flexibility index (Phi) is 4.88. The van der Waals surface area contributed by atoms with Gasteiger partial charge >= 0.3 is 0 Å². The van der Waals surface area contributed by atoms with Gasteiger partial charge in [0.25, 0.3) is 0 Å². The molecule has 0 radical (unpaired) electrons. The number of hydrogen-bond donors (Lipinski definition) is 1. The van der Waals surface area contributed by atoms with Crippen molar-refractivity contribution >= 4 is 22.8 Å². The van der Waals surface area contributed by atoms with Crippen LogP contribution in [-0.4, -0.2) is 46.2 Å². The van der Waals surface area contributed by atoms with Gasteiger partial charge in [0.05, 0.1) is 18.6 Å². The van der Waals surface area contributed by atoms with E-state index in [9.17, 15) is 0 Å². The van der Waals surface area contributed by atoms with Crippen molar-refractivity contribution in [3.05, 3.63) is 47.9 Å². The van der Waals surface area contributed by atoms with Gasteiger partial charge in [0.1, 0.15) is 5.82 Å². The summed E-state index contributed by atoms with van der Waals surface area (Å²) in [5.74, 6) is 1.50. The highest BCUT2D eigenvalue weighted by Crippen LogP contribution is 2.23. The van der Waals surface area contributed by atoms with Crippen LogP contribution in [0.25, 0.3) is 11.0 Å². The summed E-state index contributed by atoms with van der Waals surface area (Å²) in [5, 5.41) is 4.39. The van der Waals surface area contributed by atoms with Crippen molar-refractivity contribution in [3.8, 4) is 0 Å². The highest BCUT2D eigenvalue weighted by Gasteiger charge is 2.17. The fourth-order valence-electron chi connectivity index (χ4n) is 3.12. The minimum atomic E-state index is 0.667. The Morgan fingerprint density at radius 3 is 2.73 bits per heavy atom. The predicted molar refractivity (Wildman–Crippen MR) is 101 cm³/mol. The molecule has 0 spiro atoms. The number of nitrogens with one attached hydrogen (secondary N) is 1. The van der Waals surface area contributed by atoms with Crippen molar-refractivity contribution in [3.63, 3.8) is 0 Å². The van der Waals surface area contributed by atoms with Gasteiger partial charge in [-0.15, -0.1) is 0 Å². The first-order chi connectivity index (χ1) is 12.8. The molecule has 1 aliphatic rings. The lowest BCUT2D eigenvalue weighted by molar-refractivity contribution is 0.122. The van der Waals surface area contributed by atoms with Gasteiger partial charge in [0.2, 0.25) is 5.95 Å². The van der Waals surface area contributed by atoms with Crippen LogP contribution in [0.2, 0.25) is 0 Å². The Balaban J connectivity index is 1.66. The molecule has 0 aromatic carbocycles. The summed E-state index contributed by atoms with van der Waals surface area (Å²) < 4.78 is 5.43. The van der Waals surface area contributed by atoms with Crippen molar-refractivity contribution in [2.45, 2.75) is 19.9 Å². The van der Waals surface area contributed by atoms with Crippen LogP contribution >= 0.6 is 0 Å². The summed E-state index contributed by atoms with van der Waals surface area (Å²) in [6, 6.07) is 7.98. The number of rotatable bonds is 5. The molecule has 1 N–H and O–H groups in total. The van der Waals surface area contributed by atoms with Gasteiger partial charge in [-0.25, -0.2) is 4.98 Å². The Labute approximate surface area is 152 Å². The van der Waals surface area contributed by atoms with Gasteiger partial charge in [0, 0.05) is 37.7 Å². The molecular formula is C19H22N6O. The van der Waals surface area contributed by atoms with Crippen LogP contribution in [0.4, 0.5) is 11.8 Å². The topological polar surface area (TPSA) is 76.1 Å². The van der Waals surface area contributed by atoms with E-state index >= 15 is 0 Å². The molecule has 4 rings (SSSR count). The molecule has 1 aliphatic heterocycles. The summed E-state index contributed by atoms with van der Waals surface area (Å²) in [5.41, 5.74) is 2.98. The predicted octanol–water partition coefficient (Wildman–Crippen LogP) is 2.43. The Bertz CT molecular complexity index is 894. The third-order valence-electron chi connectivity index (χ3n) is 4.52. The lowest BCUT2D eigenvalue weighted by atomic mass is 10.1. The quantitative estimate of drug-likeness (QED) is 0.757. The van der Waals surface area contributed by atoms with Gasteiger partial charge < -0.3 is 15.0 Å². The maximum atomic E-state index is 5.43. The normalized spacial score (nSPS) is 14.6. The Morgan fingerprint density at radius 1 is 1.08 bits per heavy atom. The summed E-state index contributed by atoms with van der Waals surface area (Å²) in [7, 11) is 0. The molecule has 0 saturated carbocycles. The van der Waals surface area contributed by atoms with Crippen LogP contribution in [-0.2, 0) is 17.7 Å². The molecule has 3 aromatic heterocycles. The smallest absolute Gasteiger partial charge is 0.229 e. The second-order valence-electron chi connectivity index (χ2n) is 6.16. The molecular weight excluding hydrogens is 328 g/mol. The van der Waals surface area contributed by atoms with Gasteiger partial charge in [-0.3, -0.25) is 4.98 Å². The van der Waals surface area contributed by atoms with E-state index in [0.29, 0.717) is 31.4 Å². The van der Waals surface area contributed by atoms with Crippen molar-refractivity contribution in [2.75, 3.05) is 36.5 Å². The standard InChI is InChI=1S/C19H22N6O/c1-2-16-14(5-3-7-20-16)13-22-18-15-6-4-8-21-17(15)23-19(24-18)25-9-11-26-12-10-25/h3-8H,2,9-13H2,1H3,(H,21,22,23,24). The Morgan fingerprint density at radius 2 is 1.88 bits per heavy atom. The van der Waals surface area contributed by atoms with Crippen molar-refractivity contribution in [1.82, 2.24) is 19.9 Å². The fourth-order valence-corrected chi connectivity index (χ4v) is 3.12. The van der Waals surface area contributed by atoms with Crippen molar-refractivity contribution < 1.29 is 4.74 Å². The number of fused-ring (bicyclic) bond motifs is 1. The van der Waals surface area contributed by atoms with Crippen LogP contribution in [0.3, 0.4) is 0 Å². The number of aromatic nitrogens is 4. The third kappa shape index (κ3) is 3.43. The number of nitrogens with zero attached hydrogens (tertiary/aromatic N) is 5. The molecule has 26 heavy (non-hydrogen) atoms. The number of aryl methyl sites for hydroxylation is 1. The Hall–Kier alpha value is -2.80. The van der Waals surface area contributed by atoms with E-state index < -0.39 is 0 Å². The van der Waals surface area contributed by atoms with Crippen LogP contribution in [0.15, 0.2) is 36.7 Å². The average molecular weight is 350 g/mol. The molecule has 7 heteroatoms. The molecule has 0 bridgehead atoms. The van der Waals surface area contributed by atoms with Gasteiger partial charge in [-0.1, -0.05) is 13.0 Å². The molecule has 0 unspecified atom stereocenters. The zero-order valence-electron chi connectivity index (χ0n) is 14.9. The highest BCUT2D eigenvalue weighted by molar-refractivity contribution is 5.87. The highest BCUT2D eigenvalue weighted by atomic mass is 16.5. The van der Waals surface area contributed by atoms with E-state index in [0.717, 1.165) is 36.4 Å². The molecule has 7 nitrogen and oxygen atoms in total. The maximum absolute atomic E-state index is 5.43. The average Bonchev–Trinajstić information content (AvgIpc) is 2.72. The zero-order valence-corrected chi connectivity index (χ0v) is 14.9. The van der Waals surface area contributed by atoms with E-state index in [-0.39, 0.29) is 0 Å². The van der Waals surface area contributed by atoms with Crippen molar-refractivity contribution in [1.29, 1.82) is 0 Å². The molecule has 134 valence electrons. The van der Waals surface area contributed by atoms with Gasteiger partial charge in [0.15, 0.2) is 5.65 Å². The van der Waals surface area contributed by atoms with Crippen LogP contribution in [0.1, 0.15) is 18.2 Å². The first kappa shape index (κ1) is 16.7. The largest absolute Gasteiger partial charge is 0.378 e. The number of ether oxygens (including phenoxy) is 1. The maximum Gasteiger partial charge on any atom is 0.229 e. The summed E-state index contributed by atoms with van der Waals surface area (Å²) in [6.45, 7) is 5.76. The number of pyridine rings is 2. The summed E-state index contributed by atoms with van der Waals surface area (Å²) in [6.07, 6.45) is 4.50. The first-order valence-electron chi connectivity index (χ1n) is 8.97. The number of hydrogen-bond acceptors (Lipinski definition) is 7. The van der Waals surface area contributed by atoms with Crippen LogP contribution in [0.5, 0.6) is 0 Å². The molecule has 0 aliphatic carbocycles. The van der Waals surface area contributed by atoms with Crippen LogP contribution in [0, 0.1) is 0 Å². The van der Waals surface area contributed by atoms with E-state index in [1.54, 1.807) is 6.20 Å². The number of morpholine rings is 1. The second-order valence-corrected chi connectivity index (χ2v) is 6.16. The minimum absolute atomic E-state index is 0.667. The van der Waals surface area contributed by atoms with Gasteiger partial charge in [-0.05, 0) is 30.2 Å². The minimum Gasteiger partial charge on any atom is -0.378 e. The third-order valence-corrected chi connectivity index (χ3v) is 4.52. The molecule has 0 atom stereocenters. The molecule has 1 fully saturated rings. The van der Waals surface area contributed by atoms with Crippen LogP contribution < -0.4 is 10.2 Å². The molecule has 0 amide bonds. The van der Waals surface area contributed by atoms with E-state index in [1.165, 1.54) is 5.56 Å². The van der Waals surface area contributed by atoms with Crippen molar-refractivity contribution in [2.24, 2.45) is 0 Å². The molecule has 1 saturated heterocycles. The molecule has 3 aromatic rings. The second kappa shape index (κ2) is 7.61. The zero-order chi connectivity index (χ0) is 17.8. The SMILES string of the molecule is CCc1ncccc1CNc1nc(N2CCOCC2)nc2ncccc12. The fraction of sp³-hybridized carbons (Fsp3) is 0.368. The number of anilines is 2. The summed E-state index contributed by atoms with van der Waals surface area (Å²) in [4.78, 5) is 20.5. The summed E-state index contributed by atoms with van der Waals surface area (Å²) >= 11 is 0.